The summed E-state index contributed by atoms with van der Waals surface area (Å²) in [6, 6.07) is 17.2. The van der Waals surface area contributed by atoms with Gasteiger partial charge in [0, 0.05) is 29.6 Å². The van der Waals surface area contributed by atoms with Crippen LogP contribution in [-0.2, 0) is 26.1 Å². The van der Waals surface area contributed by atoms with Crippen molar-refractivity contribution in [1.82, 2.24) is 30.1 Å². The summed E-state index contributed by atoms with van der Waals surface area (Å²) in [4.78, 5) is 18.3. The molecule has 0 aliphatic heterocycles. The number of aromatic amines is 1. The average molecular weight is 545 g/mol. The Morgan fingerprint density at radius 1 is 1.02 bits per heavy atom. The first-order valence-corrected chi connectivity index (χ1v) is 13.1. The summed E-state index contributed by atoms with van der Waals surface area (Å²) in [6.07, 6.45) is 2.33. The van der Waals surface area contributed by atoms with Gasteiger partial charge in [-0.1, -0.05) is 6.07 Å². The second-order valence-corrected chi connectivity index (χ2v) is 9.29. The zero-order valence-corrected chi connectivity index (χ0v) is 22.8. The molecule has 1 N–H and O–H groups in total. The van der Waals surface area contributed by atoms with E-state index >= 15 is 0 Å². The minimum atomic E-state index is -0.136. The van der Waals surface area contributed by atoms with Crippen LogP contribution < -0.4 is 19.8 Å². The van der Waals surface area contributed by atoms with Crippen LogP contribution in [0.25, 0.3) is 10.9 Å². The number of tetrazole rings is 1. The molecule has 3 heterocycles. The normalized spacial score (nSPS) is 11.3. The first-order chi connectivity index (χ1) is 19.6. The van der Waals surface area contributed by atoms with Crippen molar-refractivity contribution in [3.63, 3.8) is 0 Å². The maximum Gasteiger partial charge on any atom is 0.252 e. The van der Waals surface area contributed by atoms with Crippen molar-refractivity contribution in [2.24, 2.45) is 0 Å². The Bertz CT molecular complexity index is 1610. The van der Waals surface area contributed by atoms with E-state index in [0.29, 0.717) is 62.1 Å². The third-order valence-corrected chi connectivity index (χ3v) is 6.62. The van der Waals surface area contributed by atoms with Crippen LogP contribution in [0.2, 0.25) is 0 Å². The second kappa shape index (κ2) is 12.5. The SMILES string of the molecule is CCOc1ccc2[nH]c(=O)c(CN(CCc3ccc(OC)c(OC)c3)Cc3nnnn3Cc3ccco3)cc2c1. The molecule has 5 aromatic rings. The second-order valence-electron chi connectivity index (χ2n) is 9.29. The number of methoxy groups -OCH3 is 2. The third kappa shape index (κ3) is 6.32. The number of hydrogen-bond acceptors (Lipinski definition) is 9. The van der Waals surface area contributed by atoms with E-state index in [-0.39, 0.29) is 5.56 Å². The molecular weight excluding hydrogens is 512 g/mol. The smallest absolute Gasteiger partial charge is 0.252 e. The number of pyridine rings is 1. The number of benzene rings is 2. The Balaban J connectivity index is 1.42. The maximum atomic E-state index is 13.1. The van der Waals surface area contributed by atoms with E-state index in [0.717, 1.165) is 28.0 Å². The lowest BCUT2D eigenvalue weighted by molar-refractivity contribution is 0.247. The summed E-state index contributed by atoms with van der Waals surface area (Å²) in [6.45, 7) is 4.38. The summed E-state index contributed by atoms with van der Waals surface area (Å²) in [5, 5.41) is 13.2. The van der Waals surface area contributed by atoms with Crippen molar-refractivity contribution < 1.29 is 18.6 Å². The van der Waals surface area contributed by atoms with E-state index in [4.69, 9.17) is 18.6 Å². The zero-order chi connectivity index (χ0) is 27.9. The minimum absolute atomic E-state index is 0.136. The molecule has 40 heavy (non-hydrogen) atoms. The van der Waals surface area contributed by atoms with Gasteiger partial charge >= 0.3 is 0 Å². The molecule has 0 radical (unpaired) electrons. The van der Waals surface area contributed by atoms with Crippen molar-refractivity contribution in [3.05, 3.63) is 93.9 Å². The largest absolute Gasteiger partial charge is 0.494 e. The molecule has 0 atom stereocenters. The van der Waals surface area contributed by atoms with Crippen LogP contribution in [0.3, 0.4) is 0 Å². The van der Waals surface area contributed by atoms with Gasteiger partial charge < -0.3 is 23.6 Å². The van der Waals surface area contributed by atoms with Gasteiger partial charge in [0.05, 0.1) is 33.6 Å². The molecule has 0 aliphatic rings. The third-order valence-electron chi connectivity index (χ3n) is 6.62. The van der Waals surface area contributed by atoms with Crippen LogP contribution in [-0.4, -0.2) is 57.5 Å². The molecule has 5 rings (SSSR count). The minimum Gasteiger partial charge on any atom is -0.494 e. The van der Waals surface area contributed by atoms with Gasteiger partial charge in [-0.3, -0.25) is 9.69 Å². The van der Waals surface area contributed by atoms with Gasteiger partial charge in [0.25, 0.3) is 5.56 Å². The van der Waals surface area contributed by atoms with E-state index in [9.17, 15) is 4.79 Å². The van der Waals surface area contributed by atoms with Crippen molar-refractivity contribution in [2.45, 2.75) is 33.0 Å². The molecule has 0 spiro atoms. The predicted octanol–water partition coefficient (Wildman–Crippen LogP) is 3.82. The first kappa shape index (κ1) is 26.9. The lowest BCUT2D eigenvalue weighted by Crippen LogP contribution is -2.30. The Labute approximate surface area is 231 Å². The molecule has 0 saturated carbocycles. The predicted molar refractivity (Wildman–Crippen MR) is 149 cm³/mol. The molecule has 0 saturated heterocycles. The zero-order valence-electron chi connectivity index (χ0n) is 22.8. The molecule has 11 heteroatoms. The number of furan rings is 1. The fourth-order valence-corrected chi connectivity index (χ4v) is 4.59. The topological polar surface area (TPSA) is 121 Å². The van der Waals surface area contributed by atoms with Gasteiger partial charge in [-0.15, -0.1) is 5.10 Å². The average Bonchev–Trinajstić information content (AvgIpc) is 3.64. The van der Waals surface area contributed by atoms with Gasteiger partial charge in [0.2, 0.25) is 0 Å². The van der Waals surface area contributed by atoms with Crippen molar-refractivity contribution in [3.8, 4) is 17.2 Å². The number of fused-ring (bicyclic) bond motifs is 1. The van der Waals surface area contributed by atoms with Crippen LogP contribution in [0.1, 0.15) is 29.6 Å². The monoisotopic (exact) mass is 544 g/mol. The lowest BCUT2D eigenvalue weighted by atomic mass is 10.1. The maximum absolute atomic E-state index is 13.1. The van der Waals surface area contributed by atoms with Crippen LogP contribution in [0, 0.1) is 0 Å². The Morgan fingerprint density at radius 3 is 2.67 bits per heavy atom. The standard InChI is InChI=1S/C29H32N6O5/c1-4-39-23-8-9-25-21(16-23)15-22(29(36)30-25)17-34(12-11-20-7-10-26(37-2)27(14-20)38-3)19-28-31-32-33-35(28)18-24-6-5-13-40-24/h5-10,13-16H,4,11-12,17-19H2,1-3H3,(H,30,36). The van der Waals surface area contributed by atoms with Crippen molar-refractivity contribution >= 4 is 10.9 Å². The molecule has 208 valence electrons. The van der Waals surface area contributed by atoms with Crippen LogP contribution in [0.5, 0.6) is 17.2 Å². The summed E-state index contributed by atoms with van der Waals surface area (Å²) in [5.74, 6) is 3.52. The van der Waals surface area contributed by atoms with Gasteiger partial charge in [-0.25, -0.2) is 4.68 Å². The Morgan fingerprint density at radius 2 is 1.90 bits per heavy atom. The molecule has 11 nitrogen and oxygen atoms in total. The molecule has 0 unspecified atom stereocenters. The van der Waals surface area contributed by atoms with Crippen molar-refractivity contribution in [1.29, 1.82) is 0 Å². The molecule has 2 aromatic carbocycles. The summed E-state index contributed by atoms with van der Waals surface area (Å²) in [7, 11) is 3.24. The number of rotatable bonds is 13. The van der Waals surface area contributed by atoms with Gasteiger partial charge in [0.1, 0.15) is 18.1 Å². The molecule has 0 aliphatic carbocycles. The van der Waals surface area contributed by atoms with Crippen LogP contribution >= 0.6 is 0 Å². The van der Waals surface area contributed by atoms with Crippen molar-refractivity contribution in [2.75, 3.05) is 27.4 Å². The summed E-state index contributed by atoms with van der Waals surface area (Å²) < 4.78 is 23.7. The van der Waals surface area contributed by atoms with E-state index in [1.165, 1.54) is 0 Å². The van der Waals surface area contributed by atoms with Crippen LogP contribution in [0.4, 0.5) is 0 Å². The molecule has 0 fully saturated rings. The number of hydrogen-bond donors (Lipinski definition) is 1. The van der Waals surface area contributed by atoms with E-state index in [1.54, 1.807) is 25.2 Å². The molecule has 0 amide bonds. The number of aromatic nitrogens is 5. The molecule has 0 bridgehead atoms. The number of nitrogens with one attached hydrogen (secondary N) is 1. The highest BCUT2D eigenvalue weighted by Crippen LogP contribution is 2.28. The Kier molecular flexibility index (Phi) is 8.41. The van der Waals surface area contributed by atoms with E-state index < -0.39 is 0 Å². The van der Waals surface area contributed by atoms with E-state index in [1.807, 2.05) is 61.5 Å². The fraction of sp³-hybridized carbons (Fsp3) is 0.310. The van der Waals surface area contributed by atoms with Crippen LogP contribution in [0.15, 0.2) is 70.1 Å². The Hall–Kier alpha value is -4.64. The highest BCUT2D eigenvalue weighted by atomic mass is 16.5. The summed E-state index contributed by atoms with van der Waals surface area (Å²) in [5.41, 5.74) is 2.34. The lowest BCUT2D eigenvalue weighted by Gasteiger charge is -2.22. The highest BCUT2D eigenvalue weighted by molar-refractivity contribution is 5.80. The molecule has 3 aromatic heterocycles. The number of H-pyrrole nitrogens is 1. The quantitative estimate of drug-likeness (QED) is 0.236. The highest BCUT2D eigenvalue weighted by Gasteiger charge is 2.17. The molecular formula is C29H32N6O5. The van der Waals surface area contributed by atoms with Gasteiger partial charge in [-0.05, 0) is 77.9 Å². The fourth-order valence-electron chi connectivity index (χ4n) is 4.59. The first-order valence-electron chi connectivity index (χ1n) is 13.1. The summed E-state index contributed by atoms with van der Waals surface area (Å²) >= 11 is 0. The number of nitrogens with zero attached hydrogens (tertiary/aromatic N) is 5. The van der Waals surface area contributed by atoms with Gasteiger partial charge in [-0.2, -0.15) is 0 Å². The number of ether oxygens (including phenoxy) is 3. The van der Waals surface area contributed by atoms with E-state index in [2.05, 4.69) is 25.4 Å². The van der Waals surface area contributed by atoms with Gasteiger partial charge in [0.15, 0.2) is 17.3 Å².